The highest BCUT2D eigenvalue weighted by atomic mass is 32.2. The molecular formula is C19H25N3O4S2. The predicted octanol–water partition coefficient (Wildman–Crippen LogP) is 4.29. The number of rotatable bonds is 10. The van der Waals surface area contributed by atoms with Crippen molar-refractivity contribution in [2.75, 3.05) is 13.2 Å². The van der Waals surface area contributed by atoms with Crippen molar-refractivity contribution < 1.29 is 14.8 Å². The summed E-state index contributed by atoms with van der Waals surface area (Å²) in [7, 11) is 0. The summed E-state index contributed by atoms with van der Waals surface area (Å²) >= 11 is 2.65. The van der Waals surface area contributed by atoms with Crippen molar-refractivity contribution in [3.8, 4) is 0 Å². The quantitative estimate of drug-likeness (QED) is 0.436. The molecule has 0 aliphatic heterocycles. The standard InChI is InChI=1S/C19H25N3O4S2/c1-12(2)8-14(6-7-23)10-20-18(24)15-4-5-17(16(9-15)22(25)26)28-19-21-13(3)11-27-19/h4-5,9,11-12,14,23H,6-8,10H2,1-3H3,(H,20,24). The molecule has 2 N–H and O–H groups in total. The molecule has 2 aromatic rings. The molecule has 0 bridgehead atoms. The van der Waals surface area contributed by atoms with Gasteiger partial charge in [0, 0.05) is 35.9 Å². The number of hydrogen-bond acceptors (Lipinski definition) is 7. The predicted molar refractivity (Wildman–Crippen MR) is 111 cm³/mol. The van der Waals surface area contributed by atoms with Gasteiger partial charge >= 0.3 is 0 Å². The van der Waals surface area contributed by atoms with Crippen molar-refractivity contribution in [3.63, 3.8) is 0 Å². The monoisotopic (exact) mass is 423 g/mol. The van der Waals surface area contributed by atoms with E-state index in [0.717, 1.165) is 16.5 Å². The fraction of sp³-hybridized carbons (Fsp3) is 0.474. The van der Waals surface area contributed by atoms with Gasteiger partial charge in [-0.15, -0.1) is 11.3 Å². The summed E-state index contributed by atoms with van der Waals surface area (Å²) in [5.74, 6) is 0.281. The lowest BCUT2D eigenvalue weighted by atomic mass is 9.94. The third-order valence-corrected chi connectivity index (χ3v) is 6.23. The summed E-state index contributed by atoms with van der Waals surface area (Å²) in [6, 6.07) is 4.49. The van der Waals surface area contributed by atoms with Gasteiger partial charge in [0.05, 0.1) is 9.82 Å². The van der Waals surface area contributed by atoms with E-state index >= 15 is 0 Å². The molecule has 28 heavy (non-hydrogen) atoms. The maximum Gasteiger partial charge on any atom is 0.284 e. The zero-order valence-electron chi connectivity index (χ0n) is 16.2. The smallest absolute Gasteiger partial charge is 0.284 e. The molecular weight excluding hydrogens is 398 g/mol. The molecule has 1 amide bonds. The zero-order valence-corrected chi connectivity index (χ0v) is 17.8. The first-order valence-corrected chi connectivity index (χ1v) is 10.8. The van der Waals surface area contributed by atoms with E-state index in [-0.39, 0.29) is 29.7 Å². The van der Waals surface area contributed by atoms with Gasteiger partial charge in [-0.2, -0.15) is 0 Å². The van der Waals surface area contributed by atoms with Crippen LogP contribution in [-0.4, -0.2) is 34.1 Å². The van der Waals surface area contributed by atoms with Gasteiger partial charge in [0.15, 0.2) is 4.34 Å². The Labute approximate surface area is 172 Å². The van der Waals surface area contributed by atoms with E-state index in [9.17, 15) is 20.0 Å². The number of amides is 1. The van der Waals surface area contributed by atoms with Crippen LogP contribution in [0.4, 0.5) is 5.69 Å². The van der Waals surface area contributed by atoms with Crippen LogP contribution in [0.5, 0.6) is 0 Å². The molecule has 2 rings (SSSR count). The van der Waals surface area contributed by atoms with Crippen molar-refractivity contribution in [1.29, 1.82) is 0 Å². The molecule has 1 atom stereocenters. The third-order valence-electron chi connectivity index (χ3n) is 4.11. The SMILES string of the molecule is Cc1csc(Sc2ccc(C(=O)NCC(CCO)CC(C)C)cc2[N+](=O)[O-])n1. The summed E-state index contributed by atoms with van der Waals surface area (Å²) in [5, 5.41) is 25.4. The van der Waals surface area contributed by atoms with E-state index in [1.807, 2.05) is 12.3 Å². The van der Waals surface area contributed by atoms with Crippen molar-refractivity contribution in [3.05, 3.63) is 45.0 Å². The van der Waals surface area contributed by atoms with Crippen LogP contribution < -0.4 is 5.32 Å². The van der Waals surface area contributed by atoms with Crippen molar-refractivity contribution in [2.45, 2.75) is 42.8 Å². The van der Waals surface area contributed by atoms with Crippen LogP contribution in [0, 0.1) is 28.9 Å². The molecule has 1 unspecified atom stereocenters. The second-order valence-corrected chi connectivity index (χ2v) is 9.16. The fourth-order valence-electron chi connectivity index (χ4n) is 2.85. The molecule has 9 heteroatoms. The molecule has 1 aromatic heterocycles. The molecule has 0 saturated carbocycles. The van der Waals surface area contributed by atoms with Gasteiger partial charge in [0.25, 0.3) is 11.6 Å². The van der Waals surface area contributed by atoms with Crippen molar-refractivity contribution in [1.82, 2.24) is 10.3 Å². The minimum absolute atomic E-state index is 0.0703. The number of nitrogens with one attached hydrogen (secondary N) is 1. The number of aliphatic hydroxyl groups is 1. The third kappa shape index (κ3) is 6.57. The lowest BCUT2D eigenvalue weighted by Gasteiger charge is -2.18. The van der Waals surface area contributed by atoms with E-state index < -0.39 is 4.92 Å². The highest BCUT2D eigenvalue weighted by Gasteiger charge is 2.20. The number of thiazole rings is 1. The molecule has 0 aliphatic carbocycles. The first-order chi connectivity index (χ1) is 13.3. The highest BCUT2D eigenvalue weighted by molar-refractivity contribution is 8.01. The van der Waals surface area contributed by atoms with Gasteiger partial charge in [0.1, 0.15) is 0 Å². The zero-order chi connectivity index (χ0) is 20.7. The van der Waals surface area contributed by atoms with Crippen molar-refractivity contribution >= 4 is 34.7 Å². The van der Waals surface area contributed by atoms with Crippen LogP contribution in [0.3, 0.4) is 0 Å². The Morgan fingerprint density at radius 2 is 2.18 bits per heavy atom. The fourth-order valence-corrected chi connectivity index (χ4v) is 4.73. The van der Waals surface area contributed by atoms with E-state index in [4.69, 9.17) is 0 Å². The Bertz CT molecular complexity index is 823. The molecule has 7 nitrogen and oxygen atoms in total. The molecule has 1 heterocycles. The number of aryl methyl sites for hydroxylation is 1. The normalized spacial score (nSPS) is 12.2. The van der Waals surface area contributed by atoms with Crippen molar-refractivity contribution in [2.24, 2.45) is 11.8 Å². The molecule has 152 valence electrons. The van der Waals surface area contributed by atoms with Crippen LogP contribution in [-0.2, 0) is 0 Å². The Hall–Kier alpha value is -1.97. The lowest BCUT2D eigenvalue weighted by Crippen LogP contribution is -2.30. The van der Waals surface area contributed by atoms with Gasteiger partial charge in [-0.3, -0.25) is 14.9 Å². The number of nitro benzene ring substituents is 1. The summed E-state index contributed by atoms with van der Waals surface area (Å²) in [5.41, 5.74) is 1.00. The largest absolute Gasteiger partial charge is 0.396 e. The second kappa shape index (κ2) is 10.5. The van der Waals surface area contributed by atoms with Crippen LogP contribution >= 0.6 is 23.1 Å². The molecule has 0 radical (unpaired) electrons. The number of carbonyl (C=O) groups is 1. The molecule has 0 aliphatic rings. The molecule has 0 spiro atoms. The van der Waals surface area contributed by atoms with Crippen LogP contribution in [0.2, 0.25) is 0 Å². The number of nitro groups is 1. The van der Waals surface area contributed by atoms with Crippen LogP contribution in [0.1, 0.15) is 42.7 Å². The highest BCUT2D eigenvalue weighted by Crippen LogP contribution is 2.36. The number of aromatic nitrogens is 1. The van der Waals surface area contributed by atoms with Gasteiger partial charge in [-0.05, 0) is 43.7 Å². The summed E-state index contributed by atoms with van der Waals surface area (Å²) < 4.78 is 0.721. The first-order valence-electron chi connectivity index (χ1n) is 9.07. The molecule has 0 saturated heterocycles. The molecule has 1 aromatic carbocycles. The van der Waals surface area contributed by atoms with E-state index in [1.165, 1.54) is 29.2 Å². The van der Waals surface area contributed by atoms with E-state index in [1.54, 1.807) is 12.1 Å². The van der Waals surface area contributed by atoms with E-state index in [2.05, 4.69) is 24.1 Å². The lowest BCUT2D eigenvalue weighted by molar-refractivity contribution is -0.387. The van der Waals surface area contributed by atoms with Gasteiger partial charge in [-0.1, -0.05) is 25.6 Å². The topological polar surface area (TPSA) is 105 Å². The van der Waals surface area contributed by atoms with Gasteiger partial charge in [0.2, 0.25) is 0 Å². The Morgan fingerprint density at radius 3 is 2.75 bits per heavy atom. The maximum atomic E-state index is 12.5. The molecule has 0 fully saturated rings. The Morgan fingerprint density at radius 1 is 1.43 bits per heavy atom. The minimum atomic E-state index is -0.479. The number of hydrogen-bond donors (Lipinski definition) is 2. The second-order valence-electron chi connectivity index (χ2n) is 7.01. The summed E-state index contributed by atoms with van der Waals surface area (Å²) in [6.45, 7) is 6.55. The van der Waals surface area contributed by atoms with E-state index in [0.29, 0.717) is 23.8 Å². The first kappa shape index (κ1) is 22.3. The Kier molecular flexibility index (Phi) is 8.40. The van der Waals surface area contributed by atoms with Crippen LogP contribution in [0.25, 0.3) is 0 Å². The number of benzene rings is 1. The maximum absolute atomic E-state index is 12.5. The average Bonchev–Trinajstić information content (AvgIpc) is 3.04. The van der Waals surface area contributed by atoms with Gasteiger partial charge in [-0.25, -0.2) is 4.98 Å². The minimum Gasteiger partial charge on any atom is -0.396 e. The summed E-state index contributed by atoms with van der Waals surface area (Å²) in [6.07, 6.45) is 1.51. The van der Waals surface area contributed by atoms with Crippen LogP contribution in [0.15, 0.2) is 32.8 Å². The average molecular weight is 424 g/mol. The van der Waals surface area contributed by atoms with Gasteiger partial charge < -0.3 is 10.4 Å². The Balaban J connectivity index is 2.11. The number of aliphatic hydroxyl groups excluding tert-OH is 1. The number of nitrogens with zero attached hydrogens (tertiary/aromatic N) is 2. The summed E-state index contributed by atoms with van der Waals surface area (Å²) in [4.78, 5) is 28.2. The number of carbonyl (C=O) groups excluding carboxylic acids is 1.